The summed E-state index contributed by atoms with van der Waals surface area (Å²) in [7, 11) is 0. The second-order valence-corrected chi connectivity index (χ2v) is 4.35. The smallest absolute Gasteiger partial charge is 0.371 e. The van der Waals surface area contributed by atoms with Gasteiger partial charge in [0.25, 0.3) is 0 Å². The standard InChI is InChI=1S/C10H13NO4S/c1-6(16-2)9(12)11-5-7-3-4-8(15-7)10(13)14/h3-4,6H,5H2,1-2H3,(H,11,12)(H,13,14). The molecule has 1 heterocycles. The fourth-order valence-corrected chi connectivity index (χ4v) is 1.31. The van der Waals surface area contributed by atoms with Gasteiger partial charge in [-0.1, -0.05) is 0 Å². The summed E-state index contributed by atoms with van der Waals surface area (Å²) in [4.78, 5) is 21.9. The highest BCUT2D eigenvalue weighted by atomic mass is 32.2. The summed E-state index contributed by atoms with van der Waals surface area (Å²) < 4.78 is 4.99. The lowest BCUT2D eigenvalue weighted by molar-refractivity contribution is -0.120. The van der Waals surface area contributed by atoms with Crippen molar-refractivity contribution in [1.82, 2.24) is 5.32 Å². The predicted molar refractivity (Wildman–Crippen MR) is 60.5 cm³/mol. The van der Waals surface area contributed by atoms with Crippen molar-refractivity contribution in [2.45, 2.75) is 18.7 Å². The lowest BCUT2D eigenvalue weighted by atomic mass is 10.4. The van der Waals surface area contributed by atoms with E-state index >= 15 is 0 Å². The van der Waals surface area contributed by atoms with Gasteiger partial charge in [0.2, 0.25) is 11.7 Å². The molecule has 1 unspecified atom stereocenters. The van der Waals surface area contributed by atoms with Gasteiger partial charge < -0.3 is 14.8 Å². The van der Waals surface area contributed by atoms with Crippen LogP contribution in [0.5, 0.6) is 0 Å². The predicted octanol–water partition coefficient (Wildman–Crippen LogP) is 1.35. The molecule has 1 amide bonds. The number of amides is 1. The van der Waals surface area contributed by atoms with Gasteiger partial charge in [-0.05, 0) is 25.3 Å². The second-order valence-electron chi connectivity index (χ2n) is 3.17. The number of nitrogens with one attached hydrogen (secondary N) is 1. The Morgan fingerprint density at radius 3 is 2.75 bits per heavy atom. The van der Waals surface area contributed by atoms with Gasteiger partial charge in [-0.3, -0.25) is 4.79 Å². The molecule has 0 saturated carbocycles. The summed E-state index contributed by atoms with van der Waals surface area (Å²) in [6, 6.07) is 2.90. The first kappa shape index (κ1) is 12.6. The Morgan fingerprint density at radius 2 is 2.25 bits per heavy atom. The zero-order valence-electron chi connectivity index (χ0n) is 9.02. The number of hydrogen-bond acceptors (Lipinski definition) is 4. The summed E-state index contributed by atoms with van der Waals surface area (Å²) in [6.45, 7) is 2.00. The molecule has 0 spiro atoms. The topological polar surface area (TPSA) is 79.5 Å². The summed E-state index contributed by atoms with van der Waals surface area (Å²) in [5.41, 5.74) is 0. The Bertz CT molecular complexity index is 388. The molecular formula is C10H13NO4S. The van der Waals surface area contributed by atoms with E-state index in [4.69, 9.17) is 9.52 Å². The molecule has 2 N–H and O–H groups in total. The van der Waals surface area contributed by atoms with Crippen molar-refractivity contribution in [2.75, 3.05) is 6.26 Å². The molecule has 6 heteroatoms. The van der Waals surface area contributed by atoms with E-state index in [2.05, 4.69) is 5.32 Å². The van der Waals surface area contributed by atoms with E-state index in [1.54, 1.807) is 6.92 Å². The number of carbonyl (C=O) groups excluding carboxylic acids is 1. The molecule has 0 aliphatic carbocycles. The van der Waals surface area contributed by atoms with Crippen molar-refractivity contribution in [3.63, 3.8) is 0 Å². The largest absolute Gasteiger partial charge is 0.475 e. The van der Waals surface area contributed by atoms with Crippen LogP contribution >= 0.6 is 11.8 Å². The highest BCUT2D eigenvalue weighted by Gasteiger charge is 2.12. The number of carbonyl (C=O) groups is 2. The minimum atomic E-state index is -1.12. The van der Waals surface area contributed by atoms with Crippen LogP contribution in [0.4, 0.5) is 0 Å². The Labute approximate surface area is 97.2 Å². The molecule has 1 aromatic heterocycles. The van der Waals surface area contributed by atoms with Gasteiger partial charge in [0.05, 0.1) is 11.8 Å². The van der Waals surface area contributed by atoms with E-state index in [9.17, 15) is 9.59 Å². The van der Waals surface area contributed by atoms with Crippen molar-refractivity contribution in [3.05, 3.63) is 23.7 Å². The molecule has 0 aliphatic rings. The van der Waals surface area contributed by atoms with Crippen molar-refractivity contribution >= 4 is 23.6 Å². The van der Waals surface area contributed by atoms with Crippen LogP contribution in [0, 0.1) is 0 Å². The minimum Gasteiger partial charge on any atom is -0.475 e. The van der Waals surface area contributed by atoms with Crippen LogP contribution in [0.25, 0.3) is 0 Å². The second kappa shape index (κ2) is 5.60. The van der Waals surface area contributed by atoms with Gasteiger partial charge in [0.15, 0.2) is 0 Å². The lowest BCUT2D eigenvalue weighted by Gasteiger charge is -2.07. The van der Waals surface area contributed by atoms with Crippen LogP contribution in [0.3, 0.4) is 0 Å². The number of hydrogen-bond donors (Lipinski definition) is 2. The number of furan rings is 1. The van der Waals surface area contributed by atoms with E-state index < -0.39 is 5.97 Å². The normalized spacial score (nSPS) is 12.1. The first-order valence-electron chi connectivity index (χ1n) is 4.67. The SMILES string of the molecule is CSC(C)C(=O)NCc1ccc(C(=O)O)o1. The van der Waals surface area contributed by atoms with E-state index in [-0.39, 0.29) is 23.5 Å². The first-order chi connectivity index (χ1) is 7.54. The molecule has 0 aliphatic heterocycles. The maximum Gasteiger partial charge on any atom is 0.371 e. The van der Waals surface area contributed by atoms with Crippen LogP contribution in [0.1, 0.15) is 23.2 Å². The molecule has 1 aromatic rings. The fourth-order valence-electron chi connectivity index (χ4n) is 1.01. The van der Waals surface area contributed by atoms with Gasteiger partial charge in [-0.15, -0.1) is 0 Å². The third-order valence-corrected chi connectivity index (χ3v) is 2.95. The monoisotopic (exact) mass is 243 g/mol. The summed E-state index contributed by atoms with van der Waals surface area (Å²) in [5, 5.41) is 11.1. The summed E-state index contributed by atoms with van der Waals surface area (Å²) in [5.74, 6) is -0.906. The number of thioether (sulfide) groups is 1. The molecule has 5 nitrogen and oxygen atoms in total. The molecule has 0 aromatic carbocycles. The van der Waals surface area contributed by atoms with E-state index in [1.165, 1.54) is 23.9 Å². The third kappa shape index (κ3) is 3.30. The Morgan fingerprint density at radius 1 is 1.56 bits per heavy atom. The molecule has 16 heavy (non-hydrogen) atoms. The molecule has 88 valence electrons. The lowest BCUT2D eigenvalue weighted by Crippen LogP contribution is -2.30. The molecule has 0 bridgehead atoms. The van der Waals surface area contributed by atoms with Crippen LogP contribution < -0.4 is 5.32 Å². The molecule has 0 radical (unpaired) electrons. The number of aromatic carboxylic acids is 1. The molecule has 0 fully saturated rings. The molecule has 0 saturated heterocycles. The van der Waals surface area contributed by atoms with Crippen molar-refractivity contribution in [3.8, 4) is 0 Å². The average Bonchev–Trinajstić information content (AvgIpc) is 2.73. The number of carboxylic acids is 1. The van der Waals surface area contributed by atoms with Crippen LogP contribution in [0.15, 0.2) is 16.5 Å². The first-order valence-corrected chi connectivity index (χ1v) is 5.96. The Hall–Kier alpha value is -1.43. The number of carboxylic acid groups (broad SMARTS) is 1. The van der Waals surface area contributed by atoms with Crippen molar-refractivity contribution in [2.24, 2.45) is 0 Å². The molecular weight excluding hydrogens is 230 g/mol. The fraction of sp³-hybridized carbons (Fsp3) is 0.400. The highest BCUT2D eigenvalue weighted by Crippen LogP contribution is 2.09. The van der Waals surface area contributed by atoms with Crippen LogP contribution in [-0.2, 0) is 11.3 Å². The highest BCUT2D eigenvalue weighted by molar-refractivity contribution is 7.99. The van der Waals surface area contributed by atoms with Crippen molar-refractivity contribution < 1.29 is 19.1 Å². The minimum absolute atomic E-state index is 0.0965. The van der Waals surface area contributed by atoms with Gasteiger partial charge in [0.1, 0.15) is 5.76 Å². The van der Waals surface area contributed by atoms with E-state index in [1.807, 2.05) is 6.26 Å². The summed E-state index contributed by atoms with van der Waals surface area (Å²) in [6.07, 6.45) is 1.85. The van der Waals surface area contributed by atoms with Crippen LogP contribution in [0.2, 0.25) is 0 Å². The van der Waals surface area contributed by atoms with Crippen LogP contribution in [-0.4, -0.2) is 28.5 Å². The van der Waals surface area contributed by atoms with E-state index in [0.29, 0.717) is 5.76 Å². The summed E-state index contributed by atoms with van der Waals surface area (Å²) >= 11 is 1.44. The zero-order valence-corrected chi connectivity index (χ0v) is 9.84. The average molecular weight is 243 g/mol. The Kier molecular flexibility index (Phi) is 4.42. The Balaban J connectivity index is 2.48. The molecule has 1 atom stereocenters. The maximum absolute atomic E-state index is 11.4. The quantitative estimate of drug-likeness (QED) is 0.816. The van der Waals surface area contributed by atoms with Gasteiger partial charge in [-0.25, -0.2) is 4.79 Å². The van der Waals surface area contributed by atoms with E-state index in [0.717, 1.165) is 0 Å². The maximum atomic E-state index is 11.4. The van der Waals surface area contributed by atoms with Gasteiger partial charge >= 0.3 is 5.97 Å². The zero-order chi connectivity index (χ0) is 12.1. The third-order valence-electron chi connectivity index (χ3n) is 2.03. The van der Waals surface area contributed by atoms with Crippen molar-refractivity contribution in [1.29, 1.82) is 0 Å². The molecule has 1 rings (SSSR count). The van der Waals surface area contributed by atoms with Gasteiger partial charge in [-0.2, -0.15) is 11.8 Å². The van der Waals surface area contributed by atoms with Gasteiger partial charge in [0, 0.05) is 0 Å². The number of rotatable bonds is 5.